The van der Waals surface area contributed by atoms with Crippen LogP contribution in [-0.4, -0.2) is 110 Å². The van der Waals surface area contributed by atoms with Crippen molar-refractivity contribution in [3.05, 3.63) is 60.8 Å². The molecule has 0 aliphatic heterocycles. The van der Waals surface area contributed by atoms with E-state index in [1.807, 2.05) is 24.3 Å². The van der Waals surface area contributed by atoms with Gasteiger partial charge in [0.15, 0.2) is 6.10 Å². The molecule has 7 N–H and O–H groups in total. The van der Waals surface area contributed by atoms with Crippen molar-refractivity contribution < 1.29 is 68.2 Å². The Hall–Kier alpha value is -2.49. The second-order valence-corrected chi connectivity index (χ2v) is 17.5. The predicted molar refractivity (Wildman–Crippen MR) is 241 cm³/mol. The van der Waals surface area contributed by atoms with Gasteiger partial charge >= 0.3 is 19.8 Å². The Morgan fingerprint density at radius 1 is 0.597 bits per heavy atom. The highest BCUT2D eigenvalue weighted by Crippen LogP contribution is 2.47. The van der Waals surface area contributed by atoms with Crippen molar-refractivity contribution in [3.8, 4) is 0 Å². The van der Waals surface area contributed by atoms with Crippen molar-refractivity contribution in [2.45, 2.75) is 210 Å². The molecular weight excluding hydrogens is 819 g/mol. The molecule has 0 bridgehead atoms. The van der Waals surface area contributed by atoms with Crippen LogP contribution in [0.5, 0.6) is 0 Å². The summed E-state index contributed by atoms with van der Waals surface area (Å²) in [7, 11) is -5.16. The molecule has 1 fully saturated rings. The van der Waals surface area contributed by atoms with Gasteiger partial charge in [-0.2, -0.15) is 0 Å². The van der Waals surface area contributed by atoms with Crippen molar-refractivity contribution in [2.24, 2.45) is 0 Å². The van der Waals surface area contributed by atoms with Gasteiger partial charge in [-0.3, -0.25) is 18.6 Å². The predicted octanol–water partition coefficient (Wildman–Crippen LogP) is 7.92. The summed E-state index contributed by atoms with van der Waals surface area (Å²) in [5.74, 6) is -1.24. The van der Waals surface area contributed by atoms with Gasteiger partial charge in [-0.1, -0.05) is 164 Å². The lowest BCUT2D eigenvalue weighted by molar-refractivity contribution is -0.220. The zero-order chi connectivity index (χ0) is 45.9. The maximum atomic E-state index is 12.8. The largest absolute Gasteiger partial charge is 0.472 e. The van der Waals surface area contributed by atoms with Crippen molar-refractivity contribution >= 4 is 19.8 Å². The molecule has 14 nitrogen and oxygen atoms in total. The van der Waals surface area contributed by atoms with Crippen LogP contribution in [0.15, 0.2) is 60.8 Å². The lowest BCUT2D eigenvalue weighted by atomic mass is 9.85. The number of hydrogen-bond donors (Lipinski definition) is 7. The summed E-state index contributed by atoms with van der Waals surface area (Å²) < 4.78 is 33.4. The van der Waals surface area contributed by atoms with Crippen molar-refractivity contribution in [1.82, 2.24) is 0 Å². The number of hydrogen-bond acceptors (Lipinski definition) is 13. The molecule has 7 unspecified atom stereocenters. The zero-order valence-electron chi connectivity index (χ0n) is 37.5. The quantitative estimate of drug-likeness (QED) is 0.0103. The minimum Gasteiger partial charge on any atom is -0.462 e. The second-order valence-electron chi connectivity index (χ2n) is 16.1. The Balaban J connectivity index is 2.54. The van der Waals surface area contributed by atoms with Crippen LogP contribution in [0.2, 0.25) is 0 Å². The number of ether oxygens (including phenoxy) is 2. The molecular formula is C47H81O14P. The molecule has 0 heterocycles. The number of carbonyl (C=O) groups excluding carboxylic acids is 2. The molecule has 358 valence electrons. The Kier molecular flexibility index (Phi) is 34.2. The fourth-order valence-corrected chi connectivity index (χ4v) is 7.67. The smallest absolute Gasteiger partial charge is 0.462 e. The van der Waals surface area contributed by atoms with Gasteiger partial charge in [0.2, 0.25) is 0 Å². The van der Waals surface area contributed by atoms with E-state index in [9.17, 15) is 49.7 Å². The number of allylic oxidation sites excluding steroid dienone is 8. The van der Waals surface area contributed by atoms with Crippen LogP contribution >= 0.6 is 7.82 Å². The highest BCUT2D eigenvalue weighted by atomic mass is 31.2. The summed E-state index contributed by atoms with van der Waals surface area (Å²) in [4.78, 5) is 35.7. The van der Waals surface area contributed by atoms with Crippen molar-refractivity contribution in [2.75, 3.05) is 13.2 Å². The molecule has 1 aliphatic rings. The third kappa shape index (κ3) is 29.1. The highest BCUT2D eigenvalue weighted by molar-refractivity contribution is 7.47. The zero-order valence-corrected chi connectivity index (χ0v) is 38.4. The summed E-state index contributed by atoms with van der Waals surface area (Å²) in [5.41, 5.74) is 0. The lowest BCUT2D eigenvalue weighted by Gasteiger charge is -2.41. The first-order valence-electron chi connectivity index (χ1n) is 23.2. The molecule has 0 radical (unpaired) electrons. The standard InChI is InChI=1S/C47H81O14P/c1-3-5-7-9-11-13-15-16-17-18-19-21-23-25-30-34-40(49)58-36-39(37-59-62(56,57)61-47-45(54)43(52)42(51)44(53)46(47)55)60-41(50)35-31-27-26-29-33-38(48)32-28-24-22-20-14-12-10-8-6-4-2/h6,8,12,14,22,24,26,28-29,32,38-39,42-48,51-55H,3-5,7,9-11,13,15-21,23,25,27,30-31,33-37H2,1-2H3,(H,56,57). The van der Waals surface area contributed by atoms with E-state index < -0.39 is 81.8 Å². The van der Waals surface area contributed by atoms with Crippen molar-refractivity contribution in [3.63, 3.8) is 0 Å². The number of aliphatic hydroxyl groups is 6. The van der Waals surface area contributed by atoms with E-state index in [-0.39, 0.29) is 12.8 Å². The fourth-order valence-electron chi connectivity index (χ4n) is 6.70. The van der Waals surface area contributed by atoms with E-state index in [4.69, 9.17) is 18.5 Å². The summed E-state index contributed by atoms with van der Waals surface area (Å²) in [6.45, 7) is 3.05. The number of esters is 2. The second kappa shape index (κ2) is 36.8. The van der Waals surface area contributed by atoms with Gasteiger partial charge in [0.05, 0.1) is 12.7 Å². The van der Waals surface area contributed by atoms with Crippen LogP contribution < -0.4 is 0 Å². The van der Waals surface area contributed by atoms with Crippen LogP contribution in [-0.2, 0) is 32.7 Å². The maximum Gasteiger partial charge on any atom is 0.472 e. The van der Waals surface area contributed by atoms with E-state index in [1.165, 1.54) is 70.6 Å². The topological polar surface area (TPSA) is 230 Å². The van der Waals surface area contributed by atoms with Crippen LogP contribution in [0, 0.1) is 0 Å². The molecule has 0 aromatic rings. The average Bonchev–Trinajstić information content (AvgIpc) is 3.25. The van der Waals surface area contributed by atoms with Gasteiger partial charge in [0.25, 0.3) is 0 Å². The average molecular weight is 901 g/mol. The number of aliphatic hydroxyl groups excluding tert-OH is 6. The molecule has 0 aromatic heterocycles. The van der Waals surface area contributed by atoms with E-state index >= 15 is 0 Å². The fraction of sp³-hybridized carbons (Fsp3) is 0.745. The number of rotatable bonds is 37. The van der Waals surface area contributed by atoms with Gasteiger partial charge in [-0.15, -0.1) is 0 Å². The minimum absolute atomic E-state index is 0.0453. The SMILES string of the molecule is CCC=CCC=CCC=CC=CC(O)CC=CCCCC(=O)OC(COC(=O)CCCCCCCCCCCCCCCCC)COP(=O)(O)OC1C(O)C(O)C(O)C(O)C1O. The Morgan fingerprint density at radius 2 is 1.11 bits per heavy atom. The van der Waals surface area contributed by atoms with Crippen LogP contribution in [0.25, 0.3) is 0 Å². The number of carbonyl (C=O) groups is 2. The molecule has 0 amide bonds. The van der Waals surface area contributed by atoms with E-state index in [0.717, 1.165) is 38.5 Å². The molecule has 62 heavy (non-hydrogen) atoms. The third-order valence-corrected chi connectivity index (χ3v) is 11.4. The third-order valence-electron chi connectivity index (χ3n) is 10.5. The molecule has 15 heteroatoms. The molecule has 0 spiro atoms. The monoisotopic (exact) mass is 901 g/mol. The van der Waals surface area contributed by atoms with Gasteiger partial charge in [-0.25, -0.2) is 4.57 Å². The first-order valence-corrected chi connectivity index (χ1v) is 24.7. The molecule has 1 saturated carbocycles. The molecule has 0 aromatic carbocycles. The van der Waals surface area contributed by atoms with Crippen molar-refractivity contribution in [1.29, 1.82) is 0 Å². The lowest BCUT2D eigenvalue weighted by Crippen LogP contribution is -2.64. The van der Waals surface area contributed by atoms with Gasteiger partial charge in [-0.05, 0) is 44.9 Å². The Labute approximate surface area is 371 Å². The maximum absolute atomic E-state index is 12.8. The van der Waals surface area contributed by atoms with E-state index in [2.05, 4.69) is 38.2 Å². The van der Waals surface area contributed by atoms with Crippen LogP contribution in [0.4, 0.5) is 0 Å². The Bertz CT molecular complexity index is 1330. The summed E-state index contributed by atoms with van der Waals surface area (Å²) in [6, 6.07) is 0. The number of phosphoric ester groups is 1. The summed E-state index contributed by atoms with van der Waals surface area (Å²) in [6.07, 6.45) is 27.2. The van der Waals surface area contributed by atoms with Gasteiger partial charge in [0.1, 0.15) is 43.2 Å². The van der Waals surface area contributed by atoms with Gasteiger partial charge < -0.3 is 45.0 Å². The highest BCUT2D eigenvalue weighted by Gasteiger charge is 2.51. The normalized spacial score (nSPS) is 22.9. The molecule has 0 saturated heterocycles. The molecule has 1 aliphatic carbocycles. The summed E-state index contributed by atoms with van der Waals surface area (Å²) in [5, 5.41) is 60.3. The minimum atomic E-state index is -5.16. The van der Waals surface area contributed by atoms with Crippen LogP contribution in [0.1, 0.15) is 162 Å². The summed E-state index contributed by atoms with van der Waals surface area (Å²) >= 11 is 0. The molecule has 7 atom stereocenters. The van der Waals surface area contributed by atoms with Crippen LogP contribution in [0.3, 0.4) is 0 Å². The van der Waals surface area contributed by atoms with Gasteiger partial charge in [0, 0.05) is 12.8 Å². The molecule has 1 rings (SSSR count). The first-order chi connectivity index (χ1) is 29.8. The number of phosphoric acid groups is 1. The first kappa shape index (κ1) is 57.5. The van der Waals surface area contributed by atoms with E-state index in [1.54, 1.807) is 12.2 Å². The Morgan fingerprint density at radius 3 is 1.69 bits per heavy atom. The number of unbranched alkanes of at least 4 members (excludes halogenated alkanes) is 15. The van der Waals surface area contributed by atoms with E-state index in [0.29, 0.717) is 25.7 Å².